The van der Waals surface area contributed by atoms with Crippen molar-refractivity contribution in [2.75, 3.05) is 14.2 Å². The highest BCUT2D eigenvalue weighted by Gasteiger charge is 2.18. The number of nitrogens with one attached hydrogen (secondary N) is 3. The molecule has 37 heavy (non-hydrogen) atoms. The van der Waals surface area contributed by atoms with E-state index in [9.17, 15) is 10.1 Å². The number of rotatable bonds is 7. The van der Waals surface area contributed by atoms with Gasteiger partial charge in [0.15, 0.2) is 11.9 Å². The molecule has 0 aliphatic heterocycles. The quantitative estimate of drug-likeness (QED) is 0.103. The SMILES string of the molecule is CO/C=C(/C(=O)OC)c1ccccc1Oc1cc(Oc2ccccc2C#N)ncn1.N=C(N)NC(=N)N. The van der Waals surface area contributed by atoms with Crippen molar-refractivity contribution in [3.8, 4) is 29.3 Å². The standard InChI is InChI=1S/C22H17N3O5.C2H7N5/c1-27-13-17(22(26)28-2)16-8-4-6-10-19(16)30-21-11-20(24-14-25-21)29-18-9-5-3-7-15(18)12-23;3-1(4)7-2(5)6/h3-11,13-14H,1-2H3;(H7,3,4,5,6,7)/b17-13+;. The van der Waals surface area contributed by atoms with Crippen LogP contribution in [0.5, 0.6) is 23.3 Å². The van der Waals surface area contributed by atoms with E-state index in [1.165, 1.54) is 32.9 Å². The number of nitrogens with zero attached hydrogens (tertiary/aromatic N) is 3. The summed E-state index contributed by atoms with van der Waals surface area (Å²) in [7, 11) is 2.71. The highest BCUT2D eigenvalue weighted by molar-refractivity contribution is 6.17. The second-order valence-corrected chi connectivity index (χ2v) is 6.71. The number of methoxy groups -OCH3 is 2. The number of ether oxygens (including phenoxy) is 4. The minimum Gasteiger partial charge on any atom is -0.503 e. The number of carbonyl (C=O) groups excluding carboxylic acids is 1. The fraction of sp³-hybridized carbons (Fsp3) is 0.0833. The molecule has 0 spiro atoms. The van der Waals surface area contributed by atoms with Crippen LogP contribution in [0.4, 0.5) is 0 Å². The van der Waals surface area contributed by atoms with Crippen LogP contribution in [0.15, 0.2) is 67.2 Å². The molecule has 0 atom stereocenters. The molecule has 13 heteroatoms. The van der Waals surface area contributed by atoms with Crippen LogP contribution in [0.2, 0.25) is 0 Å². The molecule has 0 aliphatic carbocycles. The van der Waals surface area contributed by atoms with Crippen LogP contribution < -0.4 is 26.3 Å². The van der Waals surface area contributed by atoms with Crippen LogP contribution in [0.1, 0.15) is 11.1 Å². The van der Waals surface area contributed by atoms with E-state index in [0.29, 0.717) is 22.6 Å². The van der Waals surface area contributed by atoms with Gasteiger partial charge in [0.2, 0.25) is 11.8 Å². The Kier molecular flexibility index (Phi) is 10.4. The first-order valence-corrected chi connectivity index (χ1v) is 10.3. The van der Waals surface area contributed by atoms with Crippen molar-refractivity contribution in [2.24, 2.45) is 11.5 Å². The maximum Gasteiger partial charge on any atom is 0.341 e. The smallest absolute Gasteiger partial charge is 0.341 e. The highest BCUT2D eigenvalue weighted by atomic mass is 16.5. The number of benzene rings is 2. The molecule has 0 saturated carbocycles. The predicted octanol–water partition coefficient (Wildman–Crippen LogP) is 2.46. The molecule has 0 amide bonds. The Balaban J connectivity index is 0.000000604. The fourth-order valence-electron chi connectivity index (χ4n) is 2.68. The summed E-state index contributed by atoms with van der Waals surface area (Å²) in [5.74, 6) is -0.105. The molecular weight excluding hydrogens is 480 g/mol. The molecule has 0 bridgehead atoms. The molecule has 1 heterocycles. The Bertz CT molecular complexity index is 1320. The van der Waals surface area contributed by atoms with Crippen LogP contribution in [0.3, 0.4) is 0 Å². The van der Waals surface area contributed by atoms with Gasteiger partial charge < -0.3 is 30.4 Å². The molecule has 3 aromatic rings. The fourth-order valence-corrected chi connectivity index (χ4v) is 2.68. The predicted molar refractivity (Wildman–Crippen MR) is 134 cm³/mol. The van der Waals surface area contributed by atoms with Crippen LogP contribution in [0.25, 0.3) is 5.57 Å². The number of carbonyl (C=O) groups is 1. The Morgan fingerprint density at radius 1 is 0.973 bits per heavy atom. The van der Waals surface area contributed by atoms with E-state index in [1.54, 1.807) is 48.5 Å². The third-order valence-electron chi connectivity index (χ3n) is 4.14. The summed E-state index contributed by atoms with van der Waals surface area (Å²) >= 11 is 0. The maximum atomic E-state index is 12.1. The normalized spacial score (nSPS) is 10.0. The first kappa shape index (κ1) is 27.6. The summed E-state index contributed by atoms with van der Waals surface area (Å²) in [5.41, 5.74) is 10.5. The minimum atomic E-state index is -0.576. The lowest BCUT2D eigenvalue weighted by Gasteiger charge is -2.12. The number of aromatic nitrogens is 2. The lowest BCUT2D eigenvalue weighted by atomic mass is 10.1. The van der Waals surface area contributed by atoms with Gasteiger partial charge in [0.05, 0.1) is 32.1 Å². The van der Waals surface area contributed by atoms with Crippen molar-refractivity contribution in [1.82, 2.24) is 15.3 Å². The molecule has 13 nitrogen and oxygen atoms in total. The number of hydrogen-bond acceptors (Lipinski definition) is 10. The van der Waals surface area contributed by atoms with E-state index in [0.717, 1.165) is 0 Å². The number of para-hydroxylation sites is 2. The van der Waals surface area contributed by atoms with Gasteiger partial charge in [-0.15, -0.1) is 0 Å². The van der Waals surface area contributed by atoms with Gasteiger partial charge >= 0.3 is 5.97 Å². The van der Waals surface area contributed by atoms with E-state index in [2.05, 4.69) is 16.0 Å². The minimum absolute atomic E-state index is 0.184. The zero-order valence-electron chi connectivity index (χ0n) is 19.9. The summed E-state index contributed by atoms with van der Waals surface area (Å²) in [6.07, 6.45) is 2.55. The van der Waals surface area contributed by atoms with Crippen molar-refractivity contribution >= 4 is 23.5 Å². The number of nitriles is 1. The summed E-state index contributed by atoms with van der Waals surface area (Å²) in [6.45, 7) is 0. The van der Waals surface area contributed by atoms with Gasteiger partial charge in [-0.2, -0.15) is 5.26 Å². The molecule has 1 aromatic heterocycles. The van der Waals surface area contributed by atoms with Gasteiger partial charge in [-0.25, -0.2) is 14.8 Å². The van der Waals surface area contributed by atoms with Crippen molar-refractivity contribution in [3.63, 3.8) is 0 Å². The van der Waals surface area contributed by atoms with Crippen molar-refractivity contribution < 1.29 is 23.7 Å². The van der Waals surface area contributed by atoms with Crippen molar-refractivity contribution in [2.45, 2.75) is 0 Å². The molecule has 7 N–H and O–H groups in total. The van der Waals surface area contributed by atoms with E-state index >= 15 is 0 Å². The summed E-state index contributed by atoms with van der Waals surface area (Å²) in [6, 6.07) is 17.2. The molecule has 0 saturated heterocycles. The first-order chi connectivity index (χ1) is 17.8. The van der Waals surface area contributed by atoms with E-state index < -0.39 is 5.97 Å². The number of guanidine groups is 2. The van der Waals surface area contributed by atoms with Crippen molar-refractivity contribution in [3.05, 3.63) is 78.3 Å². The Morgan fingerprint density at radius 3 is 2.08 bits per heavy atom. The van der Waals surface area contributed by atoms with Gasteiger partial charge in [0, 0.05) is 5.56 Å². The van der Waals surface area contributed by atoms with Gasteiger partial charge in [0.25, 0.3) is 0 Å². The molecule has 3 rings (SSSR count). The van der Waals surface area contributed by atoms with Crippen LogP contribution in [0, 0.1) is 22.1 Å². The molecule has 2 aromatic carbocycles. The molecule has 0 fully saturated rings. The Morgan fingerprint density at radius 2 is 1.54 bits per heavy atom. The van der Waals surface area contributed by atoms with Crippen LogP contribution >= 0.6 is 0 Å². The summed E-state index contributed by atoms with van der Waals surface area (Å²) in [4.78, 5) is 20.3. The van der Waals surface area contributed by atoms with E-state index in [1.807, 2.05) is 5.32 Å². The van der Waals surface area contributed by atoms with Gasteiger partial charge in [-0.3, -0.25) is 16.1 Å². The third kappa shape index (κ3) is 8.58. The lowest BCUT2D eigenvalue weighted by molar-refractivity contribution is -0.133. The molecule has 0 radical (unpaired) electrons. The van der Waals surface area contributed by atoms with Crippen LogP contribution in [-0.4, -0.2) is 42.1 Å². The van der Waals surface area contributed by atoms with Gasteiger partial charge in [-0.05, 0) is 18.2 Å². The van der Waals surface area contributed by atoms with Crippen molar-refractivity contribution in [1.29, 1.82) is 16.1 Å². The zero-order valence-corrected chi connectivity index (χ0v) is 19.9. The average molecular weight is 505 g/mol. The highest BCUT2D eigenvalue weighted by Crippen LogP contribution is 2.32. The van der Waals surface area contributed by atoms with Gasteiger partial charge in [0.1, 0.15) is 29.5 Å². The maximum absolute atomic E-state index is 12.1. The second kappa shape index (κ2) is 13.9. The zero-order chi connectivity index (χ0) is 27.2. The third-order valence-corrected chi connectivity index (χ3v) is 4.14. The molecular formula is C24H24N8O5. The number of hydrogen-bond donors (Lipinski definition) is 5. The largest absolute Gasteiger partial charge is 0.503 e. The van der Waals surface area contributed by atoms with E-state index in [4.69, 9.17) is 41.2 Å². The summed E-state index contributed by atoms with van der Waals surface area (Å²) < 4.78 is 21.4. The molecule has 0 unspecified atom stereocenters. The lowest BCUT2D eigenvalue weighted by Crippen LogP contribution is -2.39. The summed E-state index contributed by atoms with van der Waals surface area (Å²) in [5, 5.41) is 24.2. The Labute approximate surface area is 212 Å². The molecule has 190 valence electrons. The number of esters is 1. The number of nitrogens with two attached hydrogens (primary N) is 2. The van der Waals surface area contributed by atoms with E-state index in [-0.39, 0.29) is 29.3 Å². The second-order valence-electron chi connectivity index (χ2n) is 6.71. The average Bonchev–Trinajstić information content (AvgIpc) is 2.87. The van der Waals surface area contributed by atoms with Crippen LogP contribution in [-0.2, 0) is 14.3 Å². The molecule has 0 aliphatic rings. The Hall–Kier alpha value is -5.64. The van der Waals surface area contributed by atoms with Gasteiger partial charge in [-0.1, -0.05) is 30.3 Å². The monoisotopic (exact) mass is 504 g/mol. The first-order valence-electron chi connectivity index (χ1n) is 10.3. The topological polar surface area (TPSA) is 215 Å².